The van der Waals surface area contributed by atoms with E-state index in [9.17, 15) is 9.59 Å². The second kappa shape index (κ2) is 8.71. The van der Waals surface area contributed by atoms with Gasteiger partial charge in [0, 0.05) is 42.7 Å². The quantitative estimate of drug-likeness (QED) is 0.614. The van der Waals surface area contributed by atoms with Crippen LogP contribution in [0.15, 0.2) is 42.6 Å². The summed E-state index contributed by atoms with van der Waals surface area (Å²) in [4.78, 5) is 30.3. The first-order chi connectivity index (χ1) is 15.0. The molecule has 7 heteroatoms. The summed E-state index contributed by atoms with van der Waals surface area (Å²) in [5.41, 5.74) is 4.09. The van der Waals surface area contributed by atoms with Crippen molar-refractivity contribution >= 4 is 28.4 Å². The van der Waals surface area contributed by atoms with E-state index >= 15 is 0 Å². The van der Waals surface area contributed by atoms with Gasteiger partial charge in [-0.05, 0) is 43.2 Å². The molecule has 7 nitrogen and oxygen atoms in total. The summed E-state index contributed by atoms with van der Waals surface area (Å²) in [5.74, 6) is 0.608. The molecule has 1 fully saturated rings. The highest BCUT2D eigenvalue weighted by Crippen LogP contribution is 2.36. The molecule has 0 spiro atoms. The fraction of sp³-hybridized carbons (Fsp3) is 0.333. The van der Waals surface area contributed by atoms with Crippen molar-refractivity contribution in [3.8, 4) is 11.5 Å². The summed E-state index contributed by atoms with van der Waals surface area (Å²) >= 11 is 0. The third-order valence-electron chi connectivity index (χ3n) is 5.79. The summed E-state index contributed by atoms with van der Waals surface area (Å²) in [6, 6.07) is 11.6. The number of hydrogen-bond acceptors (Lipinski definition) is 4. The average molecular weight is 421 g/mol. The van der Waals surface area contributed by atoms with Gasteiger partial charge in [-0.15, -0.1) is 0 Å². The fourth-order valence-electron chi connectivity index (χ4n) is 4.09. The fourth-order valence-corrected chi connectivity index (χ4v) is 4.09. The summed E-state index contributed by atoms with van der Waals surface area (Å²) in [7, 11) is 3.13. The van der Waals surface area contributed by atoms with E-state index in [-0.39, 0.29) is 18.2 Å². The van der Waals surface area contributed by atoms with E-state index in [0.29, 0.717) is 30.3 Å². The van der Waals surface area contributed by atoms with Gasteiger partial charge in [0.2, 0.25) is 11.8 Å². The third-order valence-corrected chi connectivity index (χ3v) is 5.79. The number of benzene rings is 2. The Morgan fingerprint density at radius 1 is 1.19 bits per heavy atom. The van der Waals surface area contributed by atoms with E-state index in [1.807, 2.05) is 6.20 Å². The summed E-state index contributed by atoms with van der Waals surface area (Å²) in [5, 5.41) is 4.18. The molecule has 1 aromatic heterocycles. The molecule has 2 heterocycles. The maximum absolute atomic E-state index is 12.7. The lowest BCUT2D eigenvalue weighted by atomic mass is 10.1. The van der Waals surface area contributed by atoms with Gasteiger partial charge in [-0.3, -0.25) is 9.59 Å². The Bertz CT molecular complexity index is 1120. The number of aromatic amines is 1. The molecule has 0 aliphatic carbocycles. The SMILES string of the molecule is COc1ccc(OC)c(N2C[C@@H](C(=O)NCCc3c[nH]c4ccc(C)cc34)CC2=O)c1. The number of aryl methyl sites for hydroxylation is 1. The molecule has 0 saturated carbocycles. The molecule has 1 atom stereocenters. The van der Waals surface area contributed by atoms with E-state index in [0.717, 1.165) is 11.9 Å². The van der Waals surface area contributed by atoms with Gasteiger partial charge >= 0.3 is 0 Å². The number of carbonyl (C=O) groups is 2. The second-order valence-electron chi connectivity index (χ2n) is 7.85. The van der Waals surface area contributed by atoms with Crippen LogP contribution in [0.2, 0.25) is 0 Å². The number of carbonyl (C=O) groups excluding carboxylic acids is 2. The lowest BCUT2D eigenvalue weighted by Crippen LogP contribution is -2.34. The molecule has 0 unspecified atom stereocenters. The van der Waals surface area contributed by atoms with Crippen LogP contribution in [0.1, 0.15) is 17.5 Å². The van der Waals surface area contributed by atoms with Gasteiger partial charge in [-0.1, -0.05) is 11.6 Å². The number of amides is 2. The average Bonchev–Trinajstić information content (AvgIpc) is 3.36. The van der Waals surface area contributed by atoms with Gasteiger partial charge < -0.3 is 24.7 Å². The summed E-state index contributed by atoms with van der Waals surface area (Å²) < 4.78 is 10.7. The van der Waals surface area contributed by atoms with Crippen LogP contribution in [0.25, 0.3) is 10.9 Å². The van der Waals surface area contributed by atoms with E-state index in [4.69, 9.17) is 9.47 Å². The van der Waals surface area contributed by atoms with Crippen LogP contribution in [0.5, 0.6) is 11.5 Å². The molecule has 2 aromatic carbocycles. The van der Waals surface area contributed by atoms with Crippen molar-refractivity contribution in [1.29, 1.82) is 0 Å². The molecule has 162 valence electrons. The molecule has 3 aromatic rings. The minimum Gasteiger partial charge on any atom is -0.497 e. The number of nitrogens with one attached hydrogen (secondary N) is 2. The highest BCUT2D eigenvalue weighted by atomic mass is 16.5. The monoisotopic (exact) mass is 421 g/mol. The Hall–Kier alpha value is -3.48. The number of anilines is 1. The van der Waals surface area contributed by atoms with Gasteiger partial charge in [-0.2, -0.15) is 0 Å². The topological polar surface area (TPSA) is 83.7 Å². The smallest absolute Gasteiger partial charge is 0.227 e. The van der Waals surface area contributed by atoms with E-state index in [1.165, 1.54) is 16.5 Å². The van der Waals surface area contributed by atoms with Gasteiger partial charge in [0.15, 0.2) is 0 Å². The second-order valence-corrected chi connectivity index (χ2v) is 7.85. The van der Waals surface area contributed by atoms with E-state index in [1.54, 1.807) is 37.3 Å². The van der Waals surface area contributed by atoms with Crippen molar-refractivity contribution in [2.45, 2.75) is 19.8 Å². The standard InChI is InChI=1S/C24H27N3O4/c1-15-4-6-20-19(10-15)16(13-26-20)8-9-25-24(29)17-11-23(28)27(14-17)21-12-18(30-2)5-7-22(21)31-3/h4-7,10,12-13,17,26H,8-9,11,14H2,1-3H3,(H,25,29)/t17-/m0/s1. The minimum absolute atomic E-state index is 0.0983. The Kier molecular flexibility index (Phi) is 5.84. The number of hydrogen-bond donors (Lipinski definition) is 2. The number of ether oxygens (including phenoxy) is 2. The normalized spacial score (nSPS) is 16.0. The third kappa shape index (κ3) is 4.21. The lowest BCUT2D eigenvalue weighted by Gasteiger charge is -2.20. The zero-order chi connectivity index (χ0) is 22.0. The van der Waals surface area contributed by atoms with Crippen LogP contribution in [0.3, 0.4) is 0 Å². The predicted octanol–water partition coefficient (Wildman–Crippen LogP) is 3.21. The number of aromatic nitrogens is 1. The molecule has 2 N–H and O–H groups in total. The van der Waals surface area contributed by atoms with Gasteiger partial charge in [0.05, 0.1) is 25.8 Å². The van der Waals surface area contributed by atoms with Crippen molar-refractivity contribution in [2.75, 3.05) is 32.2 Å². The first kappa shape index (κ1) is 20.8. The zero-order valence-electron chi connectivity index (χ0n) is 18.0. The van der Waals surface area contributed by atoms with E-state index < -0.39 is 5.92 Å². The van der Waals surface area contributed by atoms with Gasteiger partial charge in [-0.25, -0.2) is 0 Å². The molecule has 31 heavy (non-hydrogen) atoms. The van der Waals surface area contributed by atoms with E-state index in [2.05, 4.69) is 35.4 Å². The van der Waals surface area contributed by atoms with Crippen LogP contribution in [0.4, 0.5) is 5.69 Å². The first-order valence-electron chi connectivity index (χ1n) is 10.4. The highest BCUT2D eigenvalue weighted by Gasteiger charge is 2.36. The summed E-state index contributed by atoms with van der Waals surface area (Å²) in [6.45, 7) is 2.91. The number of methoxy groups -OCH3 is 2. The molecular weight excluding hydrogens is 394 g/mol. The van der Waals surface area contributed by atoms with Crippen molar-refractivity contribution in [3.05, 3.63) is 53.7 Å². The maximum atomic E-state index is 12.7. The molecule has 1 aliphatic heterocycles. The number of H-pyrrole nitrogens is 1. The Labute approximate surface area is 181 Å². The maximum Gasteiger partial charge on any atom is 0.227 e. The van der Waals surface area contributed by atoms with Crippen LogP contribution < -0.4 is 19.7 Å². The minimum atomic E-state index is -0.395. The molecule has 1 aliphatic rings. The van der Waals surface area contributed by atoms with Crippen molar-refractivity contribution in [3.63, 3.8) is 0 Å². The molecular formula is C24H27N3O4. The number of rotatable bonds is 7. The Morgan fingerprint density at radius 2 is 2.03 bits per heavy atom. The van der Waals surface area contributed by atoms with Crippen molar-refractivity contribution in [1.82, 2.24) is 10.3 Å². The lowest BCUT2D eigenvalue weighted by molar-refractivity contribution is -0.126. The highest BCUT2D eigenvalue weighted by molar-refractivity contribution is 6.01. The van der Waals surface area contributed by atoms with Crippen molar-refractivity contribution < 1.29 is 19.1 Å². The summed E-state index contributed by atoms with van der Waals surface area (Å²) in [6.07, 6.45) is 2.90. The molecule has 0 radical (unpaired) electrons. The molecule has 0 bridgehead atoms. The predicted molar refractivity (Wildman–Crippen MR) is 120 cm³/mol. The van der Waals surface area contributed by atoms with Crippen LogP contribution in [-0.2, 0) is 16.0 Å². The first-order valence-corrected chi connectivity index (χ1v) is 10.4. The van der Waals surface area contributed by atoms with Crippen LogP contribution >= 0.6 is 0 Å². The number of nitrogens with zero attached hydrogens (tertiary/aromatic N) is 1. The molecule has 2 amide bonds. The molecule has 4 rings (SSSR count). The van der Waals surface area contributed by atoms with Crippen LogP contribution in [-0.4, -0.2) is 44.1 Å². The van der Waals surface area contributed by atoms with Crippen molar-refractivity contribution in [2.24, 2.45) is 5.92 Å². The molecule has 1 saturated heterocycles. The van der Waals surface area contributed by atoms with Crippen LogP contribution in [0, 0.1) is 12.8 Å². The number of fused-ring (bicyclic) bond motifs is 1. The largest absolute Gasteiger partial charge is 0.497 e. The van der Waals surface area contributed by atoms with Gasteiger partial charge in [0.1, 0.15) is 11.5 Å². The Balaban J connectivity index is 1.39. The zero-order valence-corrected chi connectivity index (χ0v) is 18.0. The Morgan fingerprint density at radius 3 is 2.81 bits per heavy atom. The van der Waals surface area contributed by atoms with Gasteiger partial charge in [0.25, 0.3) is 0 Å².